The minimum absolute atomic E-state index is 0.000585. The largest absolute Gasteiger partial charge is 0.494 e. The number of benzene rings is 4. The number of aromatic amines is 1. The van der Waals surface area contributed by atoms with Crippen LogP contribution in [0.1, 0.15) is 84.8 Å². The fourth-order valence-corrected chi connectivity index (χ4v) is 7.37. The smallest absolute Gasteiger partial charge is 0.417 e. The van der Waals surface area contributed by atoms with Crippen LogP contribution in [0.3, 0.4) is 0 Å². The number of alkyl halides is 3. The molecule has 3 heterocycles. The predicted octanol–water partition coefficient (Wildman–Crippen LogP) is 7.43. The van der Waals surface area contributed by atoms with E-state index in [2.05, 4.69) is 30.9 Å². The Hall–Kier alpha value is -7.51. The second-order valence-corrected chi connectivity index (χ2v) is 15.3. The number of aromatic nitrogens is 5. The fourth-order valence-electron chi connectivity index (χ4n) is 7.37. The first-order valence-electron chi connectivity index (χ1n) is 20.2. The molecule has 2 aromatic heterocycles. The Kier molecular flexibility index (Phi) is 13.1. The molecule has 0 radical (unpaired) electrons. The van der Waals surface area contributed by atoms with Crippen LogP contribution in [-0.4, -0.2) is 61.4 Å². The normalized spacial score (nSPS) is 15.3. The number of nitrogens with one attached hydrogen (secondary N) is 3. The van der Waals surface area contributed by atoms with Gasteiger partial charge < -0.3 is 30.0 Å². The quantitative estimate of drug-likeness (QED) is 0.0520. The molecule has 3 atom stereocenters. The Bertz CT molecular complexity index is 2800. The molecule has 1 amide bonds. The van der Waals surface area contributed by atoms with Crippen molar-refractivity contribution in [2.45, 2.75) is 62.8 Å². The zero-order valence-corrected chi connectivity index (χ0v) is 34.5. The summed E-state index contributed by atoms with van der Waals surface area (Å²) in [7, 11) is 1.76. The number of hydrogen-bond acceptors (Lipinski definition) is 12. The van der Waals surface area contributed by atoms with Gasteiger partial charge in [-0.2, -0.15) is 33.9 Å². The zero-order valence-electron chi connectivity index (χ0n) is 34.5. The van der Waals surface area contributed by atoms with E-state index in [1.54, 1.807) is 17.8 Å². The van der Waals surface area contributed by atoms with Crippen LogP contribution in [0.5, 0.6) is 17.2 Å². The van der Waals surface area contributed by atoms with Crippen molar-refractivity contribution >= 4 is 28.1 Å². The molecule has 4 N–H and O–H groups in total. The summed E-state index contributed by atoms with van der Waals surface area (Å²) in [5, 5.41) is 46.9. The van der Waals surface area contributed by atoms with Gasteiger partial charge in [0.15, 0.2) is 5.60 Å². The van der Waals surface area contributed by atoms with Crippen molar-refractivity contribution in [2.75, 3.05) is 30.5 Å². The molecule has 15 nitrogen and oxygen atoms in total. The van der Waals surface area contributed by atoms with Gasteiger partial charge in [0.25, 0.3) is 11.5 Å². The van der Waals surface area contributed by atoms with Crippen LogP contribution in [0.25, 0.3) is 10.8 Å². The van der Waals surface area contributed by atoms with E-state index in [0.29, 0.717) is 59.4 Å². The summed E-state index contributed by atoms with van der Waals surface area (Å²) in [6, 6.07) is 20.6. The molecule has 64 heavy (non-hydrogen) atoms. The predicted molar refractivity (Wildman–Crippen MR) is 224 cm³/mol. The summed E-state index contributed by atoms with van der Waals surface area (Å²) >= 11 is 0. The number of carbonyl (C=O) groups excluding carboxylic acids is 1. The Morgan fingerprint density at radius 3 is 2.25 bits per heavy atom. The van der Waals surface area contributed by atoms with Gasteiger partial charge in [0.05, 0.1) is 53.4 Å². The number of nitrogens with zero attached hydrogens (tertiary/aromatic N) is 6. The Labute approximate surface area is 363 Å². The van der Waals surface area contributed by atoms with Gasteiger partial charge in [-0.15, -0.1) is 0 Å². The van der Waals surface area contributed by atoms with E-state index in [0.717, 1.165) is 37.8 Å². The number of aliphatic hydroxyl groups is 1. The molecule has 0 aliphatic carbocycles. The van der Waals surface area contributed by atoms with Crippen molar-refractivity contribution in [3.05, 3.63) is 129 Å². The lowest BCUT2D eigenvalue weighted by Crippen LogP contribution is -2.45. The Balaban J connectivity index is 0.892. The van der Waals surface area contributed by atoms with E-state index in [9.17, 15) is 37.5 Å². The highest BCUT2D eigenvalue weighted by atomic mass is 19.4. The minimum Gasteiger partial charge on any atom is -0.494 e. The van der Waals surface area contributed by atoms with Crippen molar-refractivity contribution in [2.24, 2.45) is 7.05 Å². The fraction of sp³-hybridized carbons (Fsp3) is 0.311. The van der Waals surface area contributed by atoms with Crippen LogP contribution < -0.4 is 30.4 Å². The highest BCUT2D eigenvalue weighted by molar-refractivity contribution is 5.98. The second kappa shape index (κ2) is 18.9. The Morgan fingerprint density at radius 1 is 0.922 bits per heavy atom. The van der Waals surface area contributed by atoms with E-state index in [1.165, 1.54) is 42.7 Å². The molecule has 1 unspecified atom stereocenters. The van der Waals surface area contributed by atoms with E-state index < -0.39 is 58.8 Å². The van der Waals surface area contributed by atoms with E-state index in [1.807, 2.05) is 30.3 Å². The third-order valence-corrected chi connectivity index (χ3v) is 10.7. The number of anilines is 2. The summed E-state index contributed by atoms with van der Waals surface area (Å²) < 4.78 is 75.5. The summed E-state index contributed by atoms with van der Waals surface area (Å²) in [4.78, 5) is 30.0. The molecule has 0 saturated carbocycles. The van der Waals surface area contributed by atoms with Gasteiger partial charge in [0.2, 0.25) is 0 Å². The highest BCUT2D eigenvalue weighted by Crippen LogP contribution is 2.46. The monoisotopic (exact) mass is 879 g/mol. The molecule has 0 fully saturated rings. The average Bonchev–Trinajstić information content (AvgIpc) is 3.70. The standard InChI is InChI=1S/C45H41F4N9O6/c1-44(61,24-64-31-12-8-26(22-50)9-13-31)43(60)54-29-20-34(45(47,48)49)33(23-51)36(21-29)63-17-7-5-3-4-6-16-62-30-14-10-27(11-15-30)39-38(41-52-25-53-58(41)2)40-37-32(42(59)57-56-40)18-28(46)19-35(37)55-39/h8-15,18-21,25,38-39,55,61H,3-7,16-17,24H2,1-2H3,(H,54,60)(H,57,59)/t38-,39-,44?/m1/s1. The van der Waals surface area contributed by atoms with Crippen molar-refractivity contribution in [3.63, 3.8) is 0 Å². The molecule has 1 aliphatic rings. The molecule has 6 aromatic rings. The van der Waals surface area contributed by atoms with Gasteiger partial charge in [-0.1, -0.05) is 31.4 Å². The van der Waals surface area contributed by atoms with Crippen molar-refractivity contribution in [1.82, 2.24) is 25.0 Å². The SMILES string of the molecule is Cn1ncnc1[C@H]1c2n[nH]c(=O)c3cc(F)cc(c23)N[C@@H]1c1ccc(OCCCCCCCOc2cc(NC(=O)C(C)(O)COc3ccc(C#N)cc3)cc(C(F)(F)F)c2C#N)cc1. The van der Waals surface area contributed by atoms with Crippen LogP contribution in [0.15, 0.2) is 83.9 Å². The van der Waals surface area contributed by atoms with Crippen molar-refractivity contribution in [3.8, 4) is 29.4 Å². The van der Waals surface area contributed by atoms with E-state index >= 15 is 0 Å². The van der Waals surface area contributed by atoms with E-state index in [4.69, 9.17) is 19.5 Å². The van der Waals surface area contributed by atoms with Crippen LogP contribution in [0.4, 0.5) is 28.9 Å². The number of nitriles is 2. The number of H-pyrrole nitrogens is 1. The molecular formula is C45H41F4N9O6. The maximum atomic E-state index is 14.6. The van der Waals surface area contributed by atoms with Gasteiger partial charge in [0.1, 0.15) is 53.5 Å². The third-order valence-electron chi connectivity index (χ3n) is 10.7. The first kappa shape index (κ1) is 44.5. The van der Waals surface area contributed by atoms with Crippen LogP contribution >= 0.6 is 0 Å². The maximum Gasteiger partial charge on any atom is 0.417 e. The molecule has 0 bridgehead atoms. The van der Waals surface area contributed by atoms with E-state index in [-0.39, 0.29) is 29.2 Å². The summed E-state index contributed by atoms with van der Waals surface area (Å²) in [5.74, 6) is -0.995. The molecule has 0 saturated heterocycles. The van der Waals surface area contributed by atoms with Crippen LogP contribution in [0, 0.1) is 28.5 Å². The molecule has 4 aromatic carbocycles. The molecule has 7 rings (SSSR count). The lowest BCUT2D eigenvalue weighted by atomic mass is 9.83. The summed E-state index contributed by atoms with van der Waals surface area (Å²) in [5.41, 5.74) is -2.89. The number of carbonyl (C=O) groups is 1. The summed E-state index contributed by atoms with van der Waals surface area (Å²) in [6.45, 7) is 0.997. The van der Waals surface area contributed by atoms with Crippen molar-refractivity contribution < 1.29 is 41.7 Å². The van der Waals surface area contributed by atoms with Gasteiger partial charge >= 0.3 is 6.18 Å². The van der Waals surface area contributed by atoms with Gasteiger partial charge in [-0.05, 0) is 79.9 Å². The average molecular weight is 880 g/mol. The molecule has 19 heteroatoms. The molecule has 330 valence electrons. The third kappa shape index (κ3) is 9.90. The first-order chi connectivity index (χ1) is 30.7. The number of hydrogen-bond donors (Lipinski definition) is 4. The topological polar surface area (TPSA) is 213 Å². The second-order valence-electron chi connectivity index (χ2n) is 15.3. The lowest BCUT2D eigenvalue weighted by molar-refractivity contribution is -0.138. The zero-order chi connectivity index (χ0) is 45.6. The molecule has 1 aliphatic heterocycles. The maximum absolute atomic E-state index is 14.6. The number of unbranched alkanes of at least 4 members (excludes halogenated alkanes) is 4. The number of rotatable bonds is 17. The highest BCUT2D eigenvalue weighted by Gasteiger charge is 2.39. The number of ether oxygens (including phenoxy) is 3. The van der Waals surface area contributed by atoms with Crippen molar-refractivity contribution in [1.29, 1.82) is 10.5 Å². The lowest BCUT2D eigenvalue weighted by Gasteiger charge is -2.33. The van der Waals surface area contributed by atoms with Gasteiger partial charge in [-0.3, -0.25) is 14.3 Å². The number of halogens is 4. The van der Waals surface area contributed by atoms with Crippen LogP contribution in [-0.2, 0) is 18.0 Å². The minimum atomic E-state index is -4.95. The number of aryl methyl sites for hydroxylation is 1. The first-order valence-corrected chi connectivity index (χ1v) is 20.2. The van der Waals surface area contributed by atoms with Crippen LogP contribution in [0.2, 0.25) is 0 Å². The summed E-state index contributed by atoms with van der Waals surface area (Å²) in [6.07, 6.45) is -0.103. The molecule has 0 spiro atoms. The van der Waals surface area contributed by atoms with Gasteiger partial charge in [0, 0.05) is 29.9 Å². The molecular weight excluding hydrogens is 839 g/mol. The Morgan fingerprint density at radius 2 is 1.59 bits per heavy atom. The van der Waals surface area contributed by atoms with Gasteiger partial charge in [-0.25, -0.2) is 14.5 Å². The number of amides is 1.